The third-order valence-electron chi connectivity index (χ3n) is 4.16. The minimum Gasteiger partial charge on any atom is -0.348 e. The van der Waals surface area contributed by atoms with Gasteiger partial charge in [-0.1, -0.05) is 25.6 Å². The van der Waals surface area contributed by atoms with E-state index in [0.29, 0.717) is 11.5 Å². The molecule has 0 aliphatic rings. The maximum atomic E-state index is 12.6. The Labute approximate surface area is 151 Å². The number of hydrogen-bond acceptors (Lipinski definition) is 6. The first-order chi connectivity index (χ1) is 11.7. The minimum absolute atomic E-state index is 0.0104. The molecular formula is C17H25N5O2S. The largest absolute Gasteiger partial charge is 0.348 e. The average Bonchev–Trinajstić information content (AvgIpc) is 2.84. The number of carbonyl (C=O) groups is 1. The number of Topliss-reactive ketones (excluding diaryl/α,β-unsaturated/α-hetero) is 1. The Hall–Kier alpha value is -2.09. The van der Waals surface area contributed by atoms with Crippen LogP contribution in [0.15, 0.2) is 16.0 Å². The molecule has 2 rings (SSSR count). The summed E-state index contributed by atoms with van der Waals surface area (Å²) >= 11 is 1.12. The predicted molar refractivity (Wildman–Crippen MR) is 99.6 cm³/mol. The number of rotatable bonds is 7. The van der Waals surface area contributed by atoms with Crippen LogP contribution in [0.1, 0.15) is 47.7 Å². The van der Waals surface area contributed by atoms with Gasteiger partial charge in [-0.25, -0.2) is 0 Å². The quantitative estimate of drug-likeness (QED) is 0.460. The van der Waals surface area contributed by atoms with E-state index in [1.165, 1.54) is 0 Å². The van der Waals surface area contributed by atoms with Gasteiger partial charge in [0.25, 0.3) is 5.56 Å². The van der Waals surface area contributed by atoms with Crippen molar-refractivity contribution in [1.82, 2.24) is 19.4 Å². The van der Waals surface area contributed by atoms with Crippen LogP contribution in [0.5, 0.6) is 0 Å². The van der Waals surface area contributed by atoms with Crippen LogP contribution in [0.25, 0.3) is 0 Å². The molecule has 0 atom stereocenters. The molecule has 0 aliphatic heterocycles. The zero-order valence-electron chi connectivity index (χ0n) is 15.4. The van der Waals surface area contributed by atoms with Crippen molar-refractivity contribution in [3.05, 3.63) is 39.1 Å². The molecule has 2 aromatic heterocycles. The van der Waals surface area contributed by atoms with E-state index in [9.17, 15) is 9.59 Å². The van der Waals surface area contributed by atoms with Crippen LogP contribution >= 0.6 is 11.8 Å². The number of ketones is 1. The molecule has 7 nitrogen and oxygen atoms in total. The lowest BCUT2D eigenvalue weighted by Gasteiger charge is -2.11. The molecule has 0 unspecified atom stereocenters. The zero-order chi connectivity index (χ0) is 18.7. The summed E-state index contributed by atoms with van der Waals surface area (Å²) in [6, 6.07) is 1.93. The number of thioether (sulfide) groups is 1. The topological polar surface area (TPSA) is 95.8 Å². The maximum Gasteiger partial charge on any atom is 0.294 e. The Kier molecular flexibility index (Phi) is 6.05. The Morgan fingerprint density at radius 3 is 2.60 bits per heavy atom. The average molecular weight is 363 g/mol. The van der Waals surface area contributed by atoms with Gasteiger partial charge in [0.2, 0.25) is 5.16 Å². The van der Waals surface area contributed by atoms with Crippen molar-refractivity contribution in [2.24, 2.45) is 5.92 Å². The van der Waals surface area contributed by atoms with Crippen molar-refractivity contribution in [1.29, 1.82) is 0 Å². The second kappa shape index (κ2) is 7.86. The van der Waals surface area contributed by atoms with Crippen LogP contribution in [0, 0.1) is 26.7 Å². The minimum atomic E-state index is -0.406. The van der Waals surface area contributed by atoms with Gasteiger partial charge in [0.15, 0.2) is 5.78 Å². The Morgan fingerprint density at radius 2 is 1.96 bits per heavy atom. The summed E-state index contributed by atoms with van der Waals surface area (Å²) in [5, 5.41) is 7.89. The van der Waals surface area contributed by atoms with E-state index in [1.54, 1.807) is 6.92 Å². The van der Waals surface area contributed by atoms with Crippen molar-refractivity contribution in [3.8, 4) is 0 Å². The normalized spacial score (nSPS) is 11.3. The molecule has 2 aromatic rings. The van der Waals surface area contributed by atoms with Gasteiger partial charge in [0, 0.05) is 23.5 Å². The van der Waals surface area contributed by atoms with Crippen molar-refractivity contribution < 1.29 is 4.79 Å². The van der Waals surface area contributed by atoms with Crippen LogP contribution in [0.4, 0.5) is 0 Å². The number of nitrogens with two attached hydrogens (primary N) is 1. The van der Waals surface area contributed by atoms with Crippen LogP contribution < -0.4 is 11.4 Å². The molecule has 136 valence electrons. The smallest absolute Gasteiger partial charge is 0.294 e. The van der Waals surface area contributed by atoms with Gasteiger partial charge in [-0.2, -0.15) is 4.68 Å². The molecule has 0 amide bonds. The van der Waals surface area contributed by atoms with Crippen LogP contribution in [0.3, 0.4) is 0 Å². The van der Waals surface area contributed by atoms with Gasteiger partial charge in [-0.05, 0) is 39.2 Å². The summed E-state index contributed by atoms with van der Waals surface area (Å²) in [5.74, 6) is 6.45. The lowest BCUT2D eigenvalue weighted by atomic mass is 10.1. The van der Waals surface area contributed by atoms with Gasteiger partial charge in [0.05, 0.1) is 5.75 Å². The summed E-state index contributed by atoms with van der Waals surface area (Å²) < 4.78 is 3.12. The van der Waals surface area contributed by atoms with Gasteiger partial charge in [0.1, 0.15) is 5.69 Å². The van der Waals surface area contributed by atoms with E-state index in [2.05, 4.69) is 28.6 Å². The molecule has 0 aliphatic carbocycles. The van der Waals surface area contributed by atoms with E-state index in [4.69, 9.17) is 5.84 Å². The third kappa shape index (κ3) is 4.31. The fourth-order valence-corrected chi connectivity index (χ4v) is 3.33. The first kappa shape index (κ1) is 19.2. The summed E-state index contributed by atoms with van der Waals surface area (Å²) in [5.41, 5.74) is 2.59. The van der Waals surface area contributed by atoms with Gasteiger partial charge in [-0.3, -0.25) is 9.59 Å². The van der Waals surface area contributed by atoms with E-state index in [-0.39, 0.29) is 22.4 Å². The first-order valence-corrected chi connectivity index (χ1v) is 9.25. The third-order valence-corrected chi connectivity index (χ3v) is 5.10. The molecule has 0 radical (unpaired) electrons. The highest BCUT2D eigenvalue weighted by Crippen LogP contribution is 2.20. The van der Waals surface area contributed by atoms with E-state index in [0.717, 1.165) is 40.8 Å². The SMILES string of the molecule is Cc1nnc(SCC(=O)c2cc(C)n(CCC(C)C)c2C)n(N)c1=O. The summed E-state index contributed by atoms with van der Waals surface area (Å²) in [6.45, 7) is 10.8. The Morgan fingerprint density at radius 1 is 1.28 bits per heavy atom. The number of hydrogen-bond donors (Lipinski definition) is 1. The highest BCUT2D eigenvalue weighted by atomic mass is 32.2. The fraction of sp³-hybridized carbons (Fsp3) is 0.529. The number of aryl methyl sites for hydroxylation is 2. The Bertz CT molecular complexity index is 838. The number of nitrogen functional groups attached to an aromatic ring is 1. The summed E-state index contributed by atoms with van der Waals surface area (Å²) in [4.78, 5) is 24.4. The number of carbonyl (C=O) groups excluding carboxylic acids is 1. The maximum absolute atomic E-state index is 12.6. The molecule has 0 saturated carbocycles. The number of aromatic nitrogens is 4. The second-order valence-electron chi connectivity index (χ2n) is 6.57. The molecule has 0 aromatic carbocycles. The standard InChI is InChI=1S/C17H25N5O2S/c1-10(2)6-7-21-11(3)8-14(13(21)5)15(23)9-25-17-20-19-12(4)16(24)22(17)18/h8,10H,6-7,9,18H2,1-5H3. The highest BCUT2D eigenvalue weighted by molar-refractivity contribution is 7.99. The highest BCUT2D eigenvalue weighted by Gasteiger charge is 2.17. The fourth-order valence-electron chi connectivity index (χ4n) is 2.59. The van der Waals surface area contributed by atoms with Crippen LogP contribution in [0.2, 0.25) is 0 Å². The van der Waals surface area contributed by atoms with Gasteiger partial charge >= 0.3 is 0 Å². The van der Waals surface area contributed by atoms with Crippen LogP contribution in [-0.4, -0.2) is 31.0 Å². The van der Waals surface area contributed by atoms with Gasteiger partial charge in [-0.15, -0.1) is 10.2 Å². The number of nitrogens with zero attached hydrogens (tertiary/aromatic N) is 4. The molecular weight excluding hydrogens is 338 g/mol. The van der Waals surface area contributed by atoms with Crippen molar-refractivity contribution in [3.63, 3.8) is 0 Å². The van der Waals surface area contributed by atoms with Crippen molar-refractivity contribution >= 4 is 17.5 Å². The molecule has 0 bridgehead atoms. The van der Waals surface area contributed by atoms with E-state index >= 15 is 0 Å². The van der Waals surface area contributed by atoms with E-state index in [1.807, 2.05) is 19.9 Å². The Balaban J connectivity index is 2.13. The lowest BCUT2D eigenvalue weighted by molar-refractivity contribution is 0.102. The van der Waals surface area contributed by atoms with E-state index < -0.39 is 5.56 Å². The lowest BCUT2D eigenvalue weighted by Crippen LogP contribution is -2.32. The summed E-state index contributed by atoms with van der Waals surface area (Å²) in [7, 11) is 0. The van der Waals surface area contributed by atoms with Gasteiger partial charge < -0.3 is 10.4 Å². The molecule has 2 heterocycles. The zero-order valence-corrected chi connectivity index (χ0v) is 16.2. The molecule has 2 N–H and O–H groups in total. The molecule has 25 heavy (non-hydrogen) atoms. The van der Waals surface area contributed by atoms with Crippen LogP contribution in [-0.2, 0) is 6.54 Å². The predicted octanol–water partition coefficient (Wildman–Crippen LogP) is 2.10. The second-order valence-corrected chi connectivity index (χ2v) is 7.52. The van der Waals surface area contributed by atoms with Crippen molar-refractivity contribution in [2.45, 2.75) is 52.7 Å². The molecule has 0 spiro atoms. The summed E-state index contributed by atoms with van der Waals surface area (Å²) in [6.07, 6.45) is 1.07. The molecule has 0 saturated heterocycles. The van der Waals surface area contributed by atoms with Crippen molar-refractivity contribution in [2.75, 3.05) is 11.6 Å². The molecule has 8 heteroatoms. The first-order valence-electron chi connectivity index (χ1n) is 8.26. The monoisotopic (exact) mass is 363 g/mol. The molecule has 0 fully saturated rings.